The van der Waals surface area contributed by atoms with Gasteiger partial charge in [0.15, 0.2) is 0 Å². The van der Waals surface area contributed by atoms with E-state index in [1.165, 1.54) is 11.1 Å². The van der Waals surface area contributed by atoms with E-state index in [-0.39, 0.29) is 24.4 Å². The molecule has 1 fully saturated rings. The summed E-state index contributed by atoms with van der Waals surface area (Å²) in [6.45, 7) is 2.88. The summed E-state index contributed by atoms with van der Waals surface area (Å²) in [5.74, 6) is 0.366. The number of amides is 1. The summed E-state index contributed by atoms with van der Waals surface area (Å²) in [7, 11) is 0. The van der Waals surface area contributed by atoms with Crippen molar-refractivity contribution in [1.82, 2.24) is 9.88 Å². The Morgan fingerprint density at radius 2 is 2.56 bits per heavy atom. The quantitative estimate of drug-likeness (QED) is 0.756. The van der Waals surface area contributed by atoms with Crippen LogP contribution in [0.4, 0.5) is 0 Å². The van der Waals surface area contributed by atoms with Crippen molar-refractivity contribution in [2.24, 2.45) is 0 Å². The third-order valence-corrected chi connectivity index (χ3v) is 2.50. The van der Waals surface area contributed by atoms with Gasteiger partial charge in [-0.1, -0.05) is 0 Å². The zero-order valence-corrected chi connectivity index (χ0v) is 9.05. The Bertz CT molecular complexity index is 377. The number of aliphatic hydroxyl groups is 1. The van der Waals surface area contributed by atoms with Crippen molar-refractivity contribution in [2.45, 2.75) is 13.0 Å². The predicted molar refractivity (Wildman–Crippen MR) is 54.0 cm³/mol. The van der Waals surface area contributed by atoms with Gasteiger partial charge in [-0.25, -0.2) is 4.98 Å². The molecule has 0 saturated carbocycles. The first kappa shape index (κ1) is 11.1. The highest BCUT2D eigenvalue weighted by Gasteiger charge is 2.29. The van der Waals surface area contributed by atoms with Gasteiger partial charge >= 0.3 is 5.91 Å². The van der Waals surface area contributed by atoms with E-state index in [0.29, 0.717) is 25.5 Å². The Labute approximate surface area is 92.8 Å². The minimum Gasteiger partial charge on any atom is -0.438 e. The van der Waals surface area contributed by atoms with E-state index in [1.54, 1.807) is 6.92 Å². The Hall–Kier alpha value is -1.40. The van der Waals surface area contributed by atoms with Gasteiger partial charge in [0.05, 0.1) is 32.1 Å². The topological polar surface area (TPSA) is 75.8 Å². The molecule has 1 aliphatic rings. The molecule has 1 aliphatic heterocycles. The number of aliphatic hydroxyl groups excluding tert-OH is 1. The van der Waals surface area contributed by atoms with Crippen molar-refractivity contribution in [2.75, 3.05) is 26.4 Å². The molecule has 0 aromatic carbocycles. The van der Waals surface area contributed by atoms with E-state index >= 15 is 0 Å². The highest BCUT2D eigenvalue weighted by Crippen LogP contribution is 2.12. The first-order valence-corrected chi connectivity index (χ1v) is 5.14. The molecule has 1 unspecified atom stereocenters. The lowest BCUT2D eigenvalue weighted by atomic mass is 10.2. The molecule has 0 aliphatic carbocycles. The maximum Gasteiger partial charge on any atom is 0.310 e. The summed E-state index contributed by atoms with van der Waals surface area (Å²) < 4.78 is 10.4. The van der Waals surface area contributed by atoms with E-state index in [0.717, 1.165) is 0 Å². The van der Waals surface area contributed by atoms with Gasteiger partial charge in [0, 0.05) is 6.54 Å². The van der Waals surface area contributed by atoms with Crippen LogP contribution in [0.3, 0.4) is 0 Å². The summed E-state index contributed by atoms with van der Waals surface area (Å²) in [5, 5.41) is 9.14. The second-order valence-corrected chi connectivity index (χ2v) is 3.69. The van der Waals surface area contributed by atoms with Gasteiger partial charge in [-0.2, -0.15) is 0 Å². The molecule has 1 saturated heterocycles. The molecule has 1 amide bonds. The zero-order chi connectivity index (χ0) is 11.5. The van der Waals surface area contributed by atoms with E-state index in [1.807, 2.05) is 0 Å². The number of oxazole rings is 1. The van der Waals surface area contributed by atoms with Crippen LogP contribution in [-0.4, -0.2) is 53.3 Å². The van der Waals surface area contributed by atoms with Crippen molar-refractivity contribution in [3.63, 3.8) is 0 Å². The number of rotatable bonds is 2. The predicted octanol–water partition coefficient (Wildman–Crippen LogP) is -0.184. The molecular weight excluding hydrogens is 212 g/mol. The smallest absolute Gasteiger partial charge is 0.310 e. The fourth-order valence-corrected chi connectivity index (χ4v) is 1.65. The van der Waals surface area contributed by atoms with E-state index in [4.69, 9.17) is 14.3 Å². The Morgan fingerprint density at radius 3 is 3.19 bits per heavy atom. The van der Waals surface area contributed by atoms with E-state index < -0.39 is 0 Å². The van der Waals surface area contributed by atoms with Crippen LogP contribution in [0.1, 0.15) is 16.4 Å². The van der Waals surface area contributed by atoms with Crippen LogP contribution >= 0.6 is 0 Å². The highest BCUT2D eigenvalue weighted by atomic mass is 16.5. The van der Waals surface area contributed by atoms with Crippen LogP contribution in [0.25, 0.3) is 0 Å². The Kier molecular flexibility index (Phi) is 3.21. The van der Waals surface area contributed by atoms with Crippen molar-refractivity contribution < 1.29 is 19.1 Å². The zero-order valence-electron chi connectivity index (χ0n) is 9.05. The van der Waals surface area contributed by atoms with Crippen LogP contribution in [0.2, 0.25) is 0 Å². The van der Waals surface area contributed by atoms with Crippen molar-refractivity contribution in [3.8, 4) is 0 Å². The van der Waals surface area contributed by atoms with Gasteiger partial charge in [0.1, 0.15) is 5.76 Å². The molecule has 0 spiro atoms. The lowest BCUT2D eigenvalue weighted by molar-refractivity contribution is -0.0200. The number of hydrogen-bond donors (Lipinski definition) is 1. The third-order valence-electron chi connectivity index (χ3n) is 2.50. The van der Waals surface area contributed by atoms with Crippen LogP contribution in [-0.2, 0) is 4.74 Å². The second-order valence-electron chi connectivity index (χ2n) is 3.69. The lowest BCUT2D eigenvalue weighted by Gasteiger charge is -2.33. The number of hydrogen-bond acceptors (Lipinski definition) is 5. The van der Waals surface area contributed by atoms with Crippen LogP contribution < -0.4 is 0 Å². The first-order chi connectivity index (χ1) is 7.72. The minimum absolute atomic E-state index is 0.0675. The minimum atomic E-state index is -0.312. The molecule has 16 heavy (non-hydrogen) atoms. The number of morpholine rings is 1. The molecular formula is C10H14N2O4. The fraction of sp³-hybridized carbons (Fsp3) is 0.600. The monoisotopic (exact) mass is 226 g/mol. The molecule has 1 atom stereocenters. The summed E-state index contributed by atoms with van der Waals surface area (Å²) in [6.07, 6.45) is 1.50. The number of carbonyl (C=O) groups excluding carboxylic acids is 1. The molecule has 88 valence electrons. The number of ether oxygens (including phenoxy) is 1. The van der Waals surface area contributed by atoms with Gasteiger partial charge in [-0.15, -0.1) is 0 Å². The molecule has 1 N–H and O–H groups in total. The molecule has 2 rings (SSSR count). The Morgan fingerprint density at radius 1 is 1.75 bits per heavy atom. The van der Waals surface area contributed by atoms with Crippen molar-refractivity contribution in [1.29, 1.82) is 0 Å². The molecule has 0 radical (unpaired) electrons. The largest absolute Gasteiger partial charge is 0.438 e. The summed E-state index contributed by atoms with van der Waals surface area (Å²) >= 11 is 0. The average molecular weight is 226 g/mol. The van der Waals surface area contributed by atoms with E-state index in [9.17, 15) is 4.79 Å². The number of carbonyl (C=O) groups is 1. The number of aryl methyl sites for hydroxylation is 1. The van der Waals surface area contributed by atoms with Crippen LogP contribution in [0.5, 0.6) is 0 Å². The molecule has 1 aromatic heterocycles. The molecule has 1 aromatic rings. The van der Waals surface area contributed by atoms with Crippen LogP contribution in [0, 0.1) is 6.92 Å². The highest BCUT2D eigenvalue weighted by molar-refractivity contribution is 5.90. The van der Waals surface area contributed by atoms with Crippen molar-refractivity contribution >= 4 is 5.91 Å². The van der Waals surface area contributed by atoms with Gasteiger partial charge in [0.25, 0.3) is 5.89 Å². The summed E-state index contributed by atoms with van der Waals surface area (Å²) in [6, 6.07) is -0.312. The van der Waals surface area contributed by atoms with Crippen LogP contribution in [0.15, 0.2) is 10.6 Å². The molecule has 6 heteroatoms. The first-order valence-electron chi connectivity index (χ1n) is 5.14. The maximum absolute atomic E-state index is 12.0. The second kappa shape index (κ2) is 4.63. The molecule has 6 nitrogen and oxygen atoms in total. The lowest BCUT2D eigenvalue weighted by Crippen LogP contribution is -2.50. The van der Waals surface area contributed by atoms with Gasteiger partial charge < -0.3 is 19.2 Å². The normalized spacial score (nSPS) is 21.1. The summed E-state index contributed by atoms with van der Waals surface area (Å²) in [5.41, 5.74) is 0. The van der Waals surface area contributed by atoms with Gasteiger partial charge in [0.2, 0.25) is 0 Å². The standard InChI is InChI=1S/C10H14N2O4/c1-7-4-11-9(16-7)10(14)12-2-3-15-6-8(12)5-13/h4,8,13H,2-3,5-6H2,1H3. The van der Waals surface area contributed by atoms with Gasteiger partial charge in [-0.3, -0.25) is 4.79 Å². The Balaban J connectivity index is 2.13. The number of nitrogens with zero attached hydrogens (tertiary/aromatic N) is 2. The van der Waals surface area contributed by atoms with Gasteiger partial charge in [-0.05, 0) is 6.92 Å². The average Bonchev–Trinajstić information content (AvgIpc) is 2.75. The molecule has 2 heterocycles. The number of aromatic nitrogens is 1. The maximum atomic E-state index is 12.0. The molecule has 0 bridgehead atoms. The van der Waals surface area contributed by atoms with Crippen molar-refractivity contribution in [3.05, 3.63) is 17.8 Å². The SMILES string of the molecule is Cc1cnc(C(=O)N2CCOCC2CO)o1. The summed E-state index contributed by atoms with van der Waals surface area (Å²) in [4.78, 5) is 17.4. The fourth-order valence-electron chi connectivity index (χ4n) is 1.65. The van der Waals surface area contributed by atoms with E-state index in [2.05, 4.69) is 4.98 Å². The third kappa shape index (κ3) is 2.07.